The molecule has 19 heavy (non-hydrogen) atoms. The minimum Gasteiger partial charge on any atom is -0.462 e. The molecule has 1 fully saturated rings. The molecule has 4 heteroatoms. The van der Waals surface area contributed by atoms with Gasteiger partial charge in [-0.1, -0.05) is 12.8 Å². The fourth-order valence-corrected chi connectivity index (χ4v) is 3.03. The van der Waals surface area contributed by atoms with Gasteiger partial charge in [-0.3, -0.25) is 4.79 Å². The summed E-state index contributed by atoms with van der Waals surface area (Å²) in [5.74, 6) is -0.329. The van der Waals surface area contributed by atoms with Crippen molar-refractivity contribution in [3.8, 4) is 0 Å². The minimum absolute atomic E-state index is 0.00468. The number of carbonyl (C=O) groups excluding carboxylic acids is 1. The molecule has 0 unspecified atom stereocenters. The van der Waals surface area contributed by atoms with E-state index in [1.54, 1.807) is 24.5 Å². The van der Waals surface area contributed by atoms with Crippen molar-refractivity contribution in [2.75, 3.05) is 6.61 Å². The first-order valence-corrected chi connectivity index (χ1v) is 6.96. The van der Waals surface area contributed by atoms with E-state index in [1.165, 1.54) is 0 Å². The summed E-state index contributed by atoms with van der Waals surface area (Å²) in [7, 11) is 0. The zero-order valence-corrected chi connectivity index (χ0v) is 11.9. The average molecular weight is 263 g/mol. The quantitative estimate of drug-likeness (QED) is 0.788. The highest BCUT2D eigenvalue weighted by Gasteiger charge is 2.24. The van der Waals surface area contributed by atoms with E-state index in [9.17, 15) is 9.59 Å². The van der Waals surface area contributed by atoms with Crippen LogP contribution in [0.2, 0.25) is 0 Å². The van der Waals surface area contributed by atoms with E-state index >= 15 is 0 Å². The Morgan fingerprint density at radius 1 is 1.37 bits per heavy atom. The number of hydrogen-bond donors (Lipinski definition) is 0. The topological polar surface area (TPSA) is 48.3 Å². The van der Waals surface area contributed by atoms with Crippen molar-refractivity contribution < 1.29 is 9.53 Å². The SMILES string of the molecule is CCOC(=O)c1c(C)cc(=O)n(C2CCCC2)c1C. The largest absolute Gasteiger partial charge is 0.462 e. The van der Waals surface area contributed by atoms with Gasteiger partial charge in [-0.15, -0.1) is 0 Å². The molecule has 1 aromatic rings. The normalized spacial score (nSPS) is 15.7. The standard InChI is InChI=1S/C15H21NO3/c1-4-19-15(18)14-10(2)9-13(17)16(11(14)3)12-7-5-6-8-12/h9,12H,4-8H2,1-3H3. The van der Waals surface area contributed by atoms with Crippen LogP contribution in [0.4, 0.5) is 0 Å². The average Bonchev–Trinajstić information content (AvgIpc) is 2.82. The third-order valence-corrected chi connectivity index (χ3v) is 3.86. The molecule has 4 nitrogen and oxygen atoms in total. The minimum atomic E-state index is -0.329. The molecule has 0 atom stereocenters. The molecule has 1 aliphatic rings. The molecule has 1 saturated carbocycles. The Hall–Kier alpha value is -1.58. The Balaban J connectivity index is 2.52. The maximum Gasteiger partial charge on any atom is 0.340 e. The molecule has 1 heterocycles. The summed E-state index contributed by atoms with van der Waals surface area (Å²) in [4.78, 5) is 24.2. The van der Waals surface area contributed by atoms with Gasteiger partial charge in [0.25, 0.3) is 5.56 Å². The van der Waals surface area contributed by atoms with Crippen molar-refractivity contribution in [2.24, 2.45) is 0 Å². The van der Waals surface area contributed by atoms with Gasteiger partial charge in [-0.05, 0) is 39.2 Å². The van der Waals surface area contributed by atoms with Gasteiger partial charge < -0.3 is 9.30 Å². The highest BCUT2D eigenvalue weighted by atomic mass is 16.5. The van der Waals surface area contributed by atoms with Crippen LogP contribution in [0, 0.1) is 13.8 Å². The molecule has 0 aliphatic heterocycles. The number of ether oxygens (including phenoxy) is 1. The second kappa shape index (κ2) is 5.59. The van der Waals surface area contributed by atoms with Crippen molar-refractivity contribution in [1.82, 2.24) is 4.57 Å². The highest BCUT2D eigenvalue weighted by Crippen LogP contribution is 2.30. The summed E-state index contributed by atoms with van der Waals surface area (Å²) >= 11 is 0. The predicted molar refractivity (Wildman–Crippen MR) is 73.6 cm³/mol. The lowest BCUT2D eigenvalue weighted by atomic mass is 10.1. The third-order valence-electron chi connectivity index (χ3n) is 3.86. The summed E-state index contributed by atoms with van der Waals surface area (Å²) < 4.78 is 6.88. The first-order valence-electron chi connectivity index (χ1n) is 6.96. The molecule has 1 aromatic heterocycles. The van der Waals surface area contributed by atoms with Crippen LogP contribution in [-0.2, 0) is 4.74 Å². The molecule has 0 bridgehead atoms. The molecule has 0 amide bonds. The van der Waals surface area contributed by atoms with Crippen LogP contribution in [0.1, 0.15) is 60.3 Å². The highest BCUT2D eigenvalue weighted by molar-refractivity contribution is 5.92. The van der Waals surface area contributed by atoms with Crippen molar-refractivity contribution >= 4 is 5.97 Å². The van der Waals surface area contributed by atoms with Gasteiger partial charge in [-0.2, -0.15) is 0 Å². The Kier molecular flexibility index (Phi) is 4.08. The lowest BCUT2D eigenvalue weighted by molar-refractivity contribution is 0.0523. The van der Waals surface area contributed by atoms with E-state index in [-0.39, 0.29) is 17.6 Å². The molecule has 0 aromatic carbocycles. The second-order valence-electron chi connectivity index (χ2n) is 5.15. The number of nitrogens with zero attached hydrogens (tertiary/aromatic N) is 1. The van der Waals surface area contributed by atoms with E-state index in [1.807, 2.05) is 6.92 Å². The summed E-state index contributed by atoms with van der Waals surface area (Å²) in [6.07, 6.45) is 4.34. The zero-order valence-electron chi connectivity index (χ0n) is 11.9. The lowest BCUT2D eigenvalue weighted by Crippen LogP contribution is -2.28. The number of hydrogen-bond acceptors (Lipinski definition) is 3. The number of carbonyl (C=O) groups is 1. The molecular weight excluding hydrogens is 242 g/mol. The fourth-order valence-electron chi connectivity index (χ4n) is 3.03. The van der Waals surface area contributed by atoms with Gasteiger partial charge >= 0.3 is 5.97 Å². The first kappa shape index (κ1) is 13.8. The number of aromatic nitrogens is 1. The van der Waals surface area contributed by atoms with Gasteiger partial charge in [0.05, 0.1) is 12.2 Å². The van der Waals surface area contributed by atoms with Crippen LogP contribution in [-0.4, -0.2) is 17.1 Å². The Labute approximate surface area is 113 Å². The molecule has 104 valence electrons. The summed E-state index contributed by atoms with van der Waals surface area (Å²) in [5, 5.41) is 0. The molecule has 1 aliphatic carbocycles. The van der Waals surface area contributed by atoms with Crippen LogP contribution in [0.25, 0.3) is 0 Å². The summed E-state index contributed by atoms with van der Waals surface area (Å²) in [6, 6.07) is 1.79. The van der Waals surface area contributed by atoms with Crippen LogP contribution in [0.15, 0.2) is 10.9 Å². The molecule has 2 rings (SSSR count). The van der Waals surface area contributed by atoms with Gasteiger partial charge in [-0.25, -0.2) is 4.79 Å². The maximum atomic E-state index is 12.2. The molecular formula is C15H21NO3. The Morgan fingerprint density at radius 2 is 2.00 bits per heavy atom. The monoisotopic (exact) mass is 263 g/mol. The van der Waals surface area contributed by atoms with Gasteiger partial charge in [0.2, 0.25) is 0 Å². The van der Waals surface area contributed by atoms with E-state index < -0.39 is 0 Å². The Morgan fingerprint density at radius 3 is 2.58 bits per heavy atom. The van der Waals surface area contributed by atoms with Crippen LogP contribution < -0.4 is 5.56 Å². The van der Waals surface area contributed by atoms with E-state index in [0.29, 0.717) is 17.7 Å². The summed E-state index contributed by atoms with van der Waals surface area (Å²) in [5.41, 5.74) is 1.99. The fraction of sp³-hybridized carbons (Fsp3) is 0.600. The van der Waals surface area contributed by atoms with Crippen molar-refractivity contribution in [3.05, 3.63) is 33.2 Å². The van der Waals surface area contributed by atoms with Crippen molar-refractivity contribution in [1.29, 1.82) is 0 Å². The van der Waals surface area contributed by atoms with Gasteiger partial charge in [0, 0.05) is 17.8 Å². The smallest absolute Gasteiger partial charge is 0.340 e. The van der Waals surface area contributed by atoms with Crippen LogP contribution >= 0.6 is 0 Å². The lowest BCUT2D eigenvalue weighted by Gasteiger charge is -2.20. The van der Waals surface area contributed by atoms with Crippen LogP contribution in [0.5, 0.6) is 0 Å². The molecule has 0 saturated heterocycles. The number of rotatable bonds is 3. The zero-order chi connectivity index (χ0) is 14.0. The van der Waals surface area contributed by atoms with Gasteiger partial charge in [0.15, 0.2) is 0 Å². The molecule has 0 N–H and O–H groups in total. The number of esters is 1. The first-order chi connectivity index (χ1) is 9.06. The molecule has 0 radical (unpaired) electrons. The predicted octanol–water partition coefficient (Wildman–Crippen LogP) is 2.76. The van der Waals surface area contributed by atoms with E-state index in [4.69, 9.17) is 4.74 Å². The van der Waals surface area contributed by atoms with Gasteiger partial charge in [0.1, 0.15) is 0 Å². The van der Waals surface area contributed by atoms with E-state index in [0.717, 1.165) is 31.4 Å². The number of aryl methyl sites for hydroxylation is 1. The maximum absolute atomic E-state index is 12.2. The third kappa shape index (κ3) is 2.57. The van der Waals surface area contributed by atoms with Crippen molar-refractivity contribution in [2.45, 2.75) is 52.5 Å². The number of pyridine rings is 1. The Bertz CT molecular complexity index is 539. The van der Waals surface area contributed by atoms with Crippen LogP contribution in [0.3, 0.4) is 0 Å². The second-order valence-corrected chi connectivity index (χ2v) is 5.15. The van der Waals surface area contributed by atoms with E-state index in [2.05, 4.69) is 0 Å². The molecule has 0 spiro atoms. The van der Waals surface area contributed by atoms with Crippen molar-refractivity contribution in [3.63, 3.8) is 0 Å². The summed E-state index contributed by atoms with van der Waals surface area (Å²) in [6.45, 7) is 5.77.